The van der Waals surface area contributed by atoms with Gasteiger partial charge in [-0.25, -0.2) is 0 Å². The maximum Gasteiger partial charge on any atom is 0.244 e. The van der Waals surface area contributed by atoms with Gasteiger partial charge in [-0.3, -0.25) is 10.1 Å². The largest absolute Gasteiger partial charge is 0.323 e. The molecule has 1 aliphatic heterocycles. The predicted molar refractivity (Wildman–Crippen MR) is 83.3 cm³/mol. The molecule has 3 heteroatoms. The van der Waals surface area contributed by atoms with Crippen molar-refractivity contribution in [1.82, 2.24) is 10.2 Å². The second-order valence-corrected chi connectivity index (χ2v) is 7.43. The third-order valence-corrected chi connectivity index (χ3v) is 5.10. The van der Waals surface area contributed by atoms with Crippen LogP contribution in [0, 0.1) is 11.8 Å². The van der Waals surface area contributed by atoms with Crippen LogP contribution in [0.3, 0.4) is 0 Å². The van der Waals surface area contributed by atoms with E-state index in [1.54, 1.807) is 0 Å². The molecule has 0 radical (unpaired) electrons. The number of rotatable bonds is 7. The molecule has 2 fully saturated rings. The zero-order valence-electron chi connectivity index (χ0n) is 13.9. The van der Waals surface area contributed by atoms with E-state index in [2.05, 4.69) is 44.8 Å². The van der Waals surface area contributed by atoms with Crippen molar-refractivity contribution in [2.45, 2.75) is 90.9 Å². The molecule has 0 aromatic rings. The van der Waals surface area contributed by atoms with Crippen LogP contribution in [-0.4, -0.2) is 28.6 Å². The van der Waals surface area contributed by atoms with E-state index >= 15 is 0 Å². The van der Waals surface area contributed by atoms with E-state index < -0.39 is 0 Å². The summed E-state index contributed by atoms with van der Waals surface area (Å²) < 4.78 is 0. The second-order valence-electron chi connectivity index (χ2n) is 7.43. The average molecular weight is 280 g/mol. The molecule has 1 N–H and O–H groups in total. The van der Waals surface area contributed by atoms with Gasteiger partial charge in [-0.15, -0.1) is 0 Å². The highest BCUT2D eigenvalue weighted by Gasteiger charge is 2.49. The zero-order valence-corrected chi connectivity index (χ0v) is 13.9. The fourth-order valence-electron chi connectivity index (χ4n) is 3.43. The van der Waals surface area contributed by atoms with Gasteiger partial charge in [-0.05, 0) is 44.4 Å². The number of nitrogens with zero attached hydrogens (tertiary/aromatic N) is 1. The van der Waals surface area contributed by atoms with Crippen LogP contribution in [0.25, 0.3) is 0 Å². The summed E-state index contributed by atoms with van der Waals surface area (Å²) in [5.41, 5.74) is -0.351. The van der Waals surface area contributed by atoms with Gasteiger partial charge in [0, 0.05) is 6.04 Å². The summed E-state index contributed by atoms with van der Waals surface area (Å²) in [4.78, 5) is 15.1. The van der Waals surface area contributed by atoms with Crippen molar-refractivity contribution >= 4 is 5.91 Å². The number of carbonyl (C=O) groups excluding carboxylic acids is 1. The minimum Gasteiger partial charge on any atom is -0.323 e. The van der Waals surface area contributed by atoms with Crippen molar-refractivity contribution in [3.05, 3.63) is 0 Å². The standard InChI is InChI=1S/C17H32N2O/c1-6-14(11-13-8-9-13)19-15(10-12(3)4)18-17(5,7-2)16(19)20/h12-15,18H,6-11H2,1-5H3. The van der Waals surface area contributed by atoms with Crippen molar-refractivity contribution < 1.29 is 4.79 Å². The highest BCUT2D eigenvalue weighted by molar-refractivity contribution is 5.88. The van der Waals surface area contributed by atoms with Gasteiger partial charge in [0.15, 0.2) is 0 Å². The summed E-state index contributed by atoms with van der Waals surface area (Å²) in [6, 6.07) is 0.430. The molecule has 1 amide bonds. The lowest BCUT2D eigenvalue weighted by Crippen LogP contribution is -2.45. The Labute approximate surface area is 124 Å². The maximum atomic E-state index is 12.9. The molecular formula is C17H32N2O. The Balaban J connectivity index is 2.16. The van der Waals surface area contributed by atoms with E-state index in [0.717, 1.165) is 25.2 Å². The van der Waals surface area contributed by atoms with Gasteiger partial charge in [0.1, 0.15) is 0 Å². The van der Waals surface area contributed by atoms with E-state index in [1.807, 2.05) is 0 Å². The molecule has 0 spiro atoms. The van der Waals surface area contributed by atoms with Gasteiger partial charge in [0.25, 0.3) is 0 Å². The van der Waals surface area contributed by atoms with Crippen LogP contribution >= 0.6 is 0 Å². The normalized spacial score (nSPS) is 32.2. The smallest absolute Gasteiger partial charge is 0.244 e. The summed E-state index contributed by atoms with van der Waals surface area (Å²) in [5, 5.41) is 3.63. The molecule has 1 saturated carbocycles. The van der Waals surface area contributed by atoms with E-state index in [4.69, 9.17) is 0 Å². The molecule has 1 saturated heterocycles. The molecule has 20 heavy (non-hydrogen) atoms. The van der Waals surface area contributed by atoms with Gasteiger partial charge in [-0.1, -0.05) is 40.5 Å². The minimum absolute atomic E-state index is 0.233. The molecule has 3 unspecified atom stereocenters. The zero-order chi connectivity index (χ0) is 14.9. The van der Waals surface area contributed by atoms with Gasteiger partial charge < -0.3 is 4.90 Å². The van der Waals surface area contributed by atoms with Crippen LogP contribution in [-0.2, 0) is 4.79 Å². The molecule has 0 aromatic heterocycles. The number of hydrogen-bond donors (Lipinski definition) is 1. The van der Waals surface area contributed by atoms with Crippen LogP contribution in [0.2, 0.25) is 0 Å². The van der Waals surface area contributed by atoms with Gasteiger partial charge in [0.05, 0.1) is 11.7 Å². The Morgan fingerprint density at radius 3 is 2.40 bits per heavy atom. The van der Waals surface area contributed by atoms with Crippen molar-refractivity contribution in [1.29, 1.82) is 0 Å². The molecule has 0 bridgehead atoms. The van der Waals surface area contributed by atoms with Crippen LogP contribution in [0.1, 0.15) is 73.1 Å². The molecular weight excluding hydrogens is 248 g/mol. The fraction of sp³-hybridized carbons (Fsp3) is 0.941. The first-order valence-electron chi connectivity index (χ1n) is 8.51. The Morgan fingerprint density at radius 1 is 1.30 bits per heavy atom. The molecule has 2 rings (SSSR count). The number of carbonyl (C=O) groups is 1. The summed E-state index contributed by atoms with van der Waals surface area (Å²) in [6.07, 6.45) is 7.18. The molecule has 3 atom stereocenters. The predicted octanol–water partition coefficient (Wildman–Crippen LogP) is 3.54. The monoisotopic (exact) mass is 280 g/mol. The van der Waals surface area contributed by atoms with E-state index in [0.29, 0.717) is 17.9 Å². The van der Waals surface area contributed by atoms with E-state index in [1.165, 1.54) is 19.3 Å². The minimum atomic E-state index is -0.351. The van der Waals surface area contributed by atoms with Crippen LogP contribution in [0.4, 0.5) is 0 Å². The molecule has 1 heterocycles. The summed E-state index contributed by atoms with van der Waals surface area (Å²) in [6.45, 7) is 10.9. The topological polar surface area (TPSA) is 32.3 Å². The second kappa shape index (κ2) is 6.05. The Kier molecular flexibility index (Phi) is 4.78. The SMILES string of the molecule is CCC(CC1CC1)N1C(=O)C(C)(CC)NC1CC(C)C. The first kappa shape index (κ1) is 15.8. The summed E-state index contributed by atoms with van der Waals surface area (Å²) in [7, 11) is 0. The van der Waals surface area contributed by atoms with Crippen molar-refractivity contribution in [2.75, 3.05) is 0 Å². The highest BCUT2D eigenvalue weighted by atomic mass is 16.2. The van der Waals surface area contributed by atoms with Crippen LogP contribution in [0.5, 0.6) is 0 Å². The van der Waals surface area contributed by atoms with Gasteiger partial charge in [0.2, 0.25) is 5.91 Å². The molecule has 116 valence electrons. The lowest BCUT2D eigenvalue weighted by Gasteiger charge is -2.33. The maximum absolute atomic E-state index is 12.9. The lowest BCUT2D eigenvalue weighted by molar-refractivity contribution is -0.135. The molecule has 2 aliphatic rings. The third-order valence-electron chi connectivity index (χ3n) is 5.10. The quantitative estimate of drug-likeness (QED) is 0.773. The fourth-order valence-corrected chi connectivity index (χ4v) is 3.43. The van der Waals surface area contributed by atoms with Crippen molar-refractivity contribution in [3.63, 3.8) is 0 Å². The molecule has 0 aromatic carbocycles. The Bertz CT molecular complexity index is 351. The van der Waals surface area contributed by atoms with Gasteiger partial charge in [-0.2, -0.15) is 0 Å². The van der Waals surface area contributed by atoms with E-state index in [-0.39, 0.29) is 11.7 Å². The Morgan fingerprint density at radius 2 is 1.95 bits per heavy atom. The van der Waals surface area contributed by atoms with Crippen molar-refractivity contribution in [3.8, 4) is 0 Å². The highest BCUT2D eigenvalue weighted by Crippen LogP contribution is 2.38. The van der Waals surface area contributed by atoms with Crippen LogP contribution < -0.4 is 5.32 Å². The summed E-state index contributed by atoms with van der Waals surface area (Å²) in [5.74, 6) is 1.82. The average Bonchev–Trinajstić information content (AvgIpc) is 3.16. The first-order valence-corrected chi connectivity index (χ1v) is 8.51. The van der Waals surface area contributed by atoms with Crippen molar-refractivity contribution in [2.24, 2.45) is 11.8 Å². The van der Waals surface area contributed by atoms with E-state index in [9.17, 15) is 4.79 Å². The number of nitrogens with one attached hydrogen (secondary N) is 1. The van der Waals surface area contributed by atoms with Gasteiger partial charge >= 0.3 is 0 Å². The first-order chi connectivity index (χ1) is 9.41. The van der Waals surface area contributed by atoms with Crippen LogP contribution in [0.15, 0.2) is 0 Å². The summed E-state index contributed by atoms with van der Waals surface area (Å²) >= 11 is 0. The Hall–Kier alpha value is -0.570. The third kappa shape index (κ3) is 3.19. The number of hydrogen-bond acceptors (Lipinski definition) is 2. The number of amides is 1. The lowest BCUT2D eigenvalue weighted by atomic mass is 9.98. The molecule has 1 aliphatic carbocycles. The molecule has 3 nitrogen and oxygen atoms in total.